The van der Waals surface area contributed by atoms with E-state index in [0.29, 0.717) is 5.69 Å². The second-order valence-corrected chi connectivity index (χ2v) is 4.54. The number of nitrogens with zero attached hydrogens (tertiary/aromatic N) is 1. The third-order valence-corrected chi connectivity index (χ3v) is 3.29. The molecule has 0 saturated carbocycles. The van der Waals surface area contributed by atoms with Gasteiger partial charge in [-0.05, 0) is 36.6 Å². The van der Waals surface area contributed by atoms with Gasteiger partial charge < -0.3 is 19.7 Å². The topological polar surface area (TPSA) is 87.6 Å². The van der Waals surface area contributed by atoms with Gasteiger partial charge in [-0.3, -0.25) is 0 Å². The van der Waals surface area contributed by atoms with Gasteiger partial charge in [0.1, 0.15) is 11.4 Å². The van der Waals surface area contributed by atoms with E-state index >= 15 is 0 Å². The lowest BCUT2D eigenvalue weighted by atomic mass is 10.00. The predicted molar refractivity (Wildman–Crippen MR) is 71.5 cm³/mol. The van der Waals surface area contributed by atoms with E-state index in [1.807, 2.05) is 18.2 Å². The molecule has 0 radical (unpaired) electrons. The van der Waals surface area contributed by atoms with Crippen molar-refractivity contribution in [1.29, 1.82) is 0 Å². The molecule has 6 nitrogen and oxygen atoms in total. The second-order valence-electron chi connectivity index (χ2n) is 4.54. The standard InChI is InChI=1S/C14H14N2O4/c1-18-14(17)11-12(16-20-13(11)15)9-4-5-10-8(7-9)3-2-6-19-10/h4-5,7H,2-3,6,15H2,1H3. The molecular formula is C14H14N2O4. The molecule has 3 rings (SSSR count). The number of carbonyl (C=O) groups excluding carboxylic acids is 1. The summed E-state index contributed by atoms with van der Waals surface area (Å²) in [4.78, 5) is 11.8. The summed E-state index contributed by atoms with van der Waals surface area (Å²) < 4.78 is 15.2. The molecule has 2 heterocycles. The third-order valence-electron chi connectivity index (χ3n) is 3.29. The average Bonchev–Trinajstić information content (AvgIpc) is 2.87. The van der Waals surface area contributed by atoms with Crippen LogP contribution >= 0.6 is 0 Å². The molecule has 0 aliphatic carbocycles. The summed E-state index contributed by atoms with van der Waals surface area (Å²) in [6, 6.07) is 5.64. The summed E-state index contributed by atoms with van der Waals surface area (Å²) >= 11 is 0. The van der Waals surface area contributed by atoms with Crippen molar-refractivity contribution in [1.82, 2.24) is 5.16 Å². The molecule has 0 atom stereocenters. The number of aryl methyl sites for hydroxylation is 1. The molecule has 1 aromatic heterocycles. The van der Waals surface area contributed by atoms with E-state index < -0.39 is 5.97 Å². The van der Waals surface area contributed by atoms with Gasteiger partial charge in [-0.15, -0.1) is 0 Å². The van der Waals surface area contributed by atoms with Crippen molar-refractivity contribution >= 4 is 11.9 Å². The van der Waals surface area contributed by atoms with Crippen LogP contribution < -0.4 is 10.5 Å². The summed E-state index contributed by atoms with van der Waals surface area (Å²) in [5.74, 6) is 0.268. The lowest BCUT2D eigenvalue weighted by Gasteiger charge is -2.17. The van der Waals surface area contributed by atoms with Crippen molar-refractivity contribution in [3.05, 3.63) is 29.3 Å². The normalized spacial score (nSPS) is 13.4. The minimum absolute atomic E-state index is 0.0409. The highest BCUT2D eigenvalue weighted by atomic mass is 16.5. The first kappa shape index (κ1) is 12.5. The Kier molecular flexibility index (Phi) is 3.06. The highest BCUT2D eigenvalue weighted by Crippen LogP contribution is 2.33. The van der Waals surface area contributed by atoms with Crippen molar-refractivity contribution in [2.75, 3.05) is 19.5 Å². The minimum Gasteiger partial charge on any atom is -0.493 e. The van der Waals surface area contributed by atoms with E-state index in [9.17, 15) is 4.79 Å². The van der Waals surface area contributed by atoms with Crippen molar-refractivity contribution < 1.29 is 18.8 Å². The van der Waals surface area contributed by atoms with Crippen LogP contribution in [0, 0.1) is 0 Å². The van der Waals surface area contributed by atoms with Crippen LogP contribution in [0.3, 0.4) is 0 Å². The molecule has 0 spiro atoms. The van der Waals surface area contributed by atoms with Gasteiger partial charge in [-0.1, -0.05) is 5.16 Å². The molecular weight excluding hydrogens is 260 g/mol. The van der Waals surface area contributed by atoms with Crippen LogP contribution in [0.1, 0.15) is 22.3 Å². The first-order chi connectivity index (χ1) is 9.70. The first-order valence-corrected chi connectivity index (χ1v) is 6.30. The van der Waals surface area contributed by atoms with E-state index in [2.05, 4.69) is 5.16 Å². The molecule has 1 aliphatic rings. The highest BCUT2D eigenvalue weighted by Gasteiger charge is 2.24. The number of aromatic nitrogens is 1. The number of methoxy groups -OCH3 is 1. The fourth-order valence-electron chi connectivity index (χ4n) is 2.31. The SMILES string of the molecule is COC(=O)c1c(-c2ccc3c(c2)CCCO3)noc1N. The number of benzene rings is 1. The van der Waals surface area contributed by atoms with E-state index in [1.54, 1.807) is 0 Å². The number of fused-ring (bicyclic) bond motifs is 1. The molecule has 1 aliphatic heterocycles. The van der Waals surface area contributed by atoms with Gasteiger partial charge in [0.15, 0.2) is 5.56 Å². The van der Waals surface area contributed by atoms with Gasteiger partial charge in [-0.2, -0.15) is 0 Å². The van der Waals surface area contributed by atoms with Gasteiger partial charge >= 0.3 is 5.97 Å². The van der Waals surface area contributed by atoms with Crippen LogP contribution in [0.4, 0.5) is 5.88 Å². The summed E-state index contributed by atoms with van der Waals surface area (Å²) in [5.41, 5.74) is 8.03. The maximum Gasteiger partial charge on any atom is 0.345 e. The summed E-state index contributed by atoms with van der Waals surface area (Å²) in [7, 11) is 1.29. The second kappa shape index (κ2) is 4.88. The molecule has 0 unspecified atom stereocenters. The summed E-state index contributed by atoms with van der Waals surface area (Å²) in [6.45, 7) is 0.733. The largest absolute Gasteiger partial charge is 0.493 e. The Balaban J connectivity index is 2.07. The Bertz CT molecular complexity index is 663. The maximum atomic E-state index is 11.8. The van der Waals surface area contributed by atoms with Crippen LogP contribution in [0.5, 0.6) is 5.75 Å². The number of anilines is 1. The fraction of sp³-hybridized carbons (Fsp3) is 0.286. The Labute approximate surface area is 115 Å². The number of ether oxygens (including phenoxy) is 2. The van der Waals surface area contributed by atoms with Crippen LogP contribution in [-0.2, 0) is 11.2 Å². The molecule has 6 heteroatoms. The van der Waals surface area contributed by atoms with E-state index in [4.69, 9.17) is 19.7 Å². The first-order valence-electron chi connectivity index (χ1n) is 6.30. The Morgan fingerprint density at radius 3 is 3.10 bits per heavy atom. The molecule has 1 aromatic carbocycles. The van der Waals surface area contributed by atoms with Crippen molar-refractivity contribution in [2.24, 2.45) is 0 Å². The molecule has 0 bridgehead atoms. The molecule has 104 valence electrons. The fourth-order valence-corrected chi connectivity index (χ4v) is 2.31. The van der Waals surface area contributed by atoms with Crippen molar-refractivity contribution in [2.45, 2.75) is 12.8 Å². The number of hydrogen-bond acceptors (Lipinski definition) is 6. The zero-order valence-corrected chi connectivity index (χ0v) is 11.0. The molecule has 0 fully saturated rings. The van der Waals surface area contributed by atoms with Crippen LogP contribution in [0.25, 0.3) is 11.3 Å². The van der Waals surface area contributed by atoms with E-state index in [0.717, 1.165) is 36.3 Å². The number of rotatable bonds is 2. The van der Waals surface area contributed by atoms with Gasteiger partial charge in [0.05, 0.1) is 13.7 Å². The Morgan fingerprint density at radius 1 is 1.45 bits per heavy atom. The number of nitrogen functional groups attached to an aromatic ring is 1. The molecule has 20 heavy (non-hydrogen) atoms. The zero-order valence-electron chi connectivity index (χ0n) is 11.0. The van der Waals surface area contributed by atoms with Gasteiger partial charge in [0, 0.05) is 5.56 Å². The van der Waals surface area contributed by atoms with Crippen molar-refractivity contribution in [3.8, 4) is 17.0 Å². The average molecular weight is 274 g/mol. The molecule has 2 aromatic rings. The number of esters is 1. The predicted octanol–water partition coefficient (Wildman–Crippen LogP) is 2.04. The van der Waals surface area contributed by atoms with E-state index in [1.165, 1.54) is 7.11 Å². The summed E-state index contributed by atoms with van der Waals surface area (Å²) in [5, 5.41) is 3.86. The monoisotopic (exact) mass is 274 g/mol. The number of carbonyl (C=O) groups is 1. The van der Waals surface area contributed by atoms with Crippen molar-refractivity contribution in [3.63, 3.8) is 0 Å². The Morgan fingerprint density at radius 2 is 2.30 bits per heavy atom. The molecule has 2 N–H and O–H groups in total. The molecule has 0 amide bonds. The Hall–Kier alpha value is -2.50. The minimum atomic E-state index is -0.562. The van der Waals surface area contributed by atoms with Crippen LogP contribution in [0.15, 0.2) is 22.7 Å². The van der Waals surface area contributed by atoms with Crippen LogP contribution in [0.2, 0.25) is 0 Å². The zero-order chi connectivity index (χ0) is 14.1. The van der Waals surface area contributed by atoms with Gasteiger partial charge in [0.25, 0.3) is 0 Å². The maximum absolute atomic E-state index is 11.8. The number of hydrogen-bond donors (Lipinski definition) is 1. The smallest absolute Gasteiger partial charge is 0.345 e. The highest BCUT2D eigenvalue weighted by molar-refractivity contribution is 6.00. The molecule has 0 saturated heterocycles. The lowest BCUT2D eigenvalue weighted by Crippen LogP contribution is -2.08. The third kappa shape index (κ3) is 1.99. The van der Waals surface area contributed by atoms with E-state index in [-0.39, 0.29) is 11.4 Å². The van der Waals surface area contributed by atoms with Crippen LogP contribution in [-0.4, -0.2) is 24.8 Å². The number of nitrogens with two attached hydrogens (primary N) is 1. The lowest BCUT2D eigenvalue weighted by molar-refractivity contribution is 0.0602. The summed E-state index contributed by atoms with van der Waals surface area (Å²) in [6.07, 6.45) is 1.91. The van der Waals surface area contributed by atoms with Gasteiger partial charge in [0.2, 0.25) is 5.88 Å². The quantitative estimate of drug-likeness (QED) is 0.843. The van der Waals surface area contributed by atoms with Gasteiger partial charge in [-0.25, -0.2) is 4.79 Å².